The van der Waals surface area contributed by atoms with Gasteiger partial charge in [0.1, 0.15) is 0 Å². The van der Waals surface area contributed by atoms with Crippen LogP contribution in [0.1, 0.15) is 70.6 Å². The van der Waals surface area contributed by atoms with Gasteiger partial charge in [-0.2, -0.15) is 0 Å². The van der Waals surface area contributed by atoms with Crippen molar-refractivity contribution in [1.29, 1.82) is 0 Å². The molecule has 1 N–H and O–H groups in total. The van der Waals surface area contributed by atoms with Crippen LogP contribution in [-0.2, 0) is 9.59 Å². The molecule has 1 aromatic carbocycles. The topological polar surface area (TPSA) is 79.7 Å². The van der Waals surface area contributed by atoms with E-state index < -0.39 is 11.4 Å². The lowest BCUT2D eigenvalue weighted by molar-refractivity contribution is -0.158. The fraction of sp³-hybridized carbons (Fsp3) is 0.552. The number of anilines is 1. The van der Waals surface area contributed by atoms with Crippen LogP contribution in [0.5, 0.6) is 5.88 Å². The summed E-state index contributed by atoms with van der Waals surface area (Å²) in [5.41, 5.74) is 2.43. The summed E-state index contributed by atoms with van der Waals surface area (Å²) in [6.07, 6.45) is 11.9. The summed E-state index contributed by atoms with van der Waals surface area (Å²) in [6, 6.07) is 12.1. The maximum atomic E-state index is 14.0. The van der Waals surface area contributed by atoms with Crippen LogP contribution in [0, 0.1) is 16.7 Å². The highest BCUT2D eigenvalue weighted by Gasteiger charge is 2.53. The van der Waals surface area contributed by atoms with Crippen LogP contribution in [-0.4, -0.2) is 35.6 Å². The lowest BCUT2D eigenvalue weighted by Crippen LogP contribution is -2.52. The van der Waals surface area contributed by atoms with Crippen molar-refractivity contribution in [1.82, 2.24) is 4.98 Å². The second-order valence-corrected chi connectivity index (χ2v) is 11.0. The standard InChI is InChI=1S/C29H36N2O4/c1-35-25-19-23(10-17-30-25)22-8-5-9-24(18-22)31(26(32)21-6-3-2-4-7-21)20-28-11-14-29(15-12-28,16-13-28)27(33)34/h5,8-10,17-19,21H,2-4,6-7,11-16,20H2,1H3,(H,33,34). The average molecular weight is 477 g/mol. The fourth-order valence-corrected chi connectivity index (χ4v) is 6.58. The Kier molecular flexibility index (Phi) is 6.56. The third kappa shape index (κ3) is 4.67. The van der Waals surface area contributed by atoms with Gasteiger partial charge in [0, 0.05) is 30.4 Å². The zero-order valence-electron chi connectivity index (χ0n) is 20.7. The minimum Gasteiger partial charge on any atom is -0.481 e. The molecule has 35 heavy (non-hydrogen) atoms. The molecular weight excluding hydrogens is 440 g/mol. The SMILES string of the molecule is COc1cc(-c2cccc(N(CC34CCC(C(=O)O)(CC3)CC4)C(=O)C3CCCCC3)c2)ccn1. The van der Waals surface area contributed by atoms with E-state index in [1.807, 2.05) is 24.3 Å². The van der Waals surface area contributed by atoms with Crippen molar-refractivity contribution in [2.75, 3.05) is 18.6 Å². The third-order valence-electron chi connectivity index (χ3n) is 9.00. The number of pyridine rings is 1. The van der Waals surface area contributed by atoms with Crippen molar-refractivity contribution >= 4 is 17.6 Å². The molecule has 2 bridgehead atoms. The van der Waals surface area contributed by atoms with Crippen molar-refractivity contribution in [3.63, 3.8) is 0 Å². The number of benzene rings is 1. The zero-order chi connectivity index (χ0) is 24.5. The lowest BCUT2D eigenvalue weighted by atomic mass is 9.53. The molecule has 186 valence electrons. The Bertz CT molecular complexity index is 1070. The van der Waals surface area contributed by atoms with Gasteiger partial charge in [0.05, 0.1) is 12.5 Å². The number of carboxylic acids is 1. The van der Waals surface area contributed by atoms with Crippen LogP contribution >= 0.6 is 0 Å². The van der Waals surface area contributed by atoms with E-state index in [-0.39, 0.29) is 17.2 Å². The summed E-state index contributed by atoms with van der Waals surface area (Å²) in [4.78, 5) is 32.2. The summed E-state index contributed by atoms with van der Waals surface area (Å²) in [5.74, 6) is 0.244. The van der Waals surface area contributed by atoms with Crippen molar-refractivity contribution in [3.05, 3.63) is 42.6 Å². The number of carbonyl (C=O) groups excluding carboxylic acids is 1. The van der Waals surface area contributed by atoms with Gasteiger partial charge in [0.15, 0.2) is 0 Å². The maximum Gasteiger partial charge on any atom is 0.309 e. The lowest BCUT2D eigenvalue weighted by Gasteiger charge is -2.53. The summed E-state index contributed by atoms with van der Waals surface area (Å²) in [7, 11) is 1.61. The molecule has 1 heterocycles. The van der Waals surface area contributed by atoms with Gasteiger partial charge in [-0.25, -0.2) is 4.98 Å². The quantitative estimate of drug-likeness (QED) is 0.523. The summed E-state index contributed by atoms with van der Waals surface area (Å²) >= 11 is 0. The van der Waals surface area contributed by atoms with Gasteiger partial charge < -0.3 is 14.7 Å². The third-order valence-corrected chi connectivity index (χ3v) is 9.00. The van der Waals surface area contributed by atoms with Gasteiger partial charge in [-0.05, 0) is 86.1 Å². The largest absolute Gasteiger partial charge is 0.481 e. The van der Waals surface area contributed by atoms with E-state index >= 15 is 0 Å². The second kappa shape index (κ2) is 9.63. The predicted molar refractivity (Wildman–Crippen MR) is 135 cm³/mol. The highest BCUT2D eigenvalue weighted by atomic mass is 16.5. The number of aliphatic carboxylic acids is 1. The van der Waals surface area contributed by atoms with E-state index in [4.69, 9.17) is 4.74 Å². The van der Waals surface area contributed by atoms with Crippen LogP contribution in [0.2, 0.25) is 0 Å². The van der Waals surface area contributed by atoms with E-state index in [0.29, 0.717) is 12.4 Å². The predicted octanol–water partition coefficient (Wildman–Crippen LogP) is 6.10. The number of methoxy groups -OCH3 is 1. The molecule has 6 rings (SSSR count). The smallest absolute Gasteiger partial charge is 0.309 e. The first-order chi connectivity index (χ1) is 16.9. The first-order valence-corrected chi connectivity index (χ1v) is 13.1. The molecule has 1 amide bonds. The molecule has 4 saturated carbocycles. The number of rotatable bonds is 7. The molecule has 6 heteroatoms. The van der Waals surface area contributed by atoms with Gasteiger partial charge in [-0.3, -0.25) is 9.59 Å². The van der Waals surface area contributed by atoms with Gasteiger partial charge >= 0.3 is 5.97 Å². The molecule has 0 aliphatic heterocycles. The molecule has 0 spiro atoms. The molecule has 6 nitrogen and oxygen atoms in total. The fourth-order valence-electron chi connectivity index (χ4n) is 6.58. The molecule has 4 aliphatic carbocycles. The number of carbonyl (C=O) groups is 2. The van der Waals surface area contributed by atoms with Gasteiger partial charge in [0.25, 0.3) is 0 Å². The van der Waals surface area contributed by atoms with Crippen LogP contribution < -0.4 is 9.64 Å². The molecule has 2 aromatic rings. The Morgan fingerprint density at radius 2 is 1.69 bits per heavy atom. The minimum atomic E-state index is -0.638. The van der Waals surface area contributed by atoms with Crippen LogP contribution in [0.3, 0.4) is 0 Å². The number of amides is 1. The van der Waals surface area contributed by atoms with E-state index in [0.717, 1.165) is 81.0 Å². The van der Waals surface area contributed by atoms with Crippen molar-refractivity contribution in [2.45, 2.75) is 70.6 Å². The number of carboxylic acid groups (broad SMARTS) is 1. The molecule has 0 atom stereocenters. The van der Waals surface area contributed by atoms with Crippen LogP contribution in [0.25, 0.3) is 11.1 Å². The first-order valence-electron chi connectivity index (χ1n) is 13.1. The molecule has 4 fully saturated rings. The molecule has 0 radical (unpaired) electrons. The monoisotopic (exact) mass is 476 g/mol. The van der Waals surface area contributed by atoms with E-state index in [1.54, 1.807) is 13.3 Å². The highest BCUT2D eigenvalue weighted by molar-refractivity contribution is 5.96. The Morgan fingerprint density at radius 3 is 2.34 bits per heavy atom. The Hall–Kier alpha value is -2.89. The number of fused-ring (bicyclic) bond motifs is 3. The summed E-state index contributed by atoms with van der Waals surface area (Å²) in [6.45, 7) is 0.682. The summed E-state index contributed by atoms with van der Waals surface area (Å²) < 4.78 is 5.31. The number of nitrogens with zero attached hydrogens (tertiary/aromatic N) is 2. The molecular formula is C29H36N2O4. The minimum absolute atomic E-state index is 0.0113. The Morgan fingerprint density at radius 1 is 1.00 bits per heavy atom. The number of ether oxygens (including phenoxy) is 1. The van der Waals surface area contributed by atoms with Crippen LogP contribution in [0.4, 0.5) is 5.69 Å². The van der Waals surface area contributed by atoms with E-state index in [9.17, 15) is 14.7 Å². The second-order valence-electron chi connectivity index (χ2n) is 11.0. The molecule has 4 aliphatic rings. The molecule has 1 aromatic heterocycles. The Balaban J connectivity index is 1.46. The van der Waals surface area contributed by atoms with Crippen LogP contribution in [0.15, 0.2) is 42.6 Å². The van der Waals surface area contributed by atoms with Crippen molar-refractivity contribution < 1.29 is 19.4 Å². The first kappa shape index (κ1) is 23.8. The highest BCUT2D eigenvalue weighted by Crippen LogP contribution is 2.57. The number of hydrogen-bond donors (Lipinski definition) is 1. The van der Waals surface area contributed by atoms with Crippen molar-refractivity contribution in [3.8, 4) is 17.0 Å². The normalized spacial score (nSPS) is 26.3. The zero-order valence-corrected chi connectivity index (χ0v) is 20.7. The number of hydrogen-bond acceptors (Lipinski definition) is 4. The van der Waals surface area contributed by atoms with E-state index in [1.165, 1.54) is 6.42 Å². The average Bonchev–Trinajstić information content (AvgIpc) is 2.93. The number of aromatic nitrogens is 1. The Labute approximate surface area is 207 Å². The maximum absolute atomic E-state index is 14.0. The molecule has 0 saturated heterocycles. The molecule has 0 unspecified atom stereocenters. The van der Waals surface area contributed by atoms with E-state index in [2.05, 4.69) is 22.0 Å². The van der Waals surface area contributed by atoms with Crippen molar-refractivity contribution in [2.24, 2.45) is 16.7 Å². The summed E-state index contributed by atoms with van der Waals surface area (Å²) in [5, 5.41) is 9.81. The van der Waals surface area contributed by atoms with Gasteiger partial charge in [-0.1, -0.05) is 31.4 Å². The van der Waals surface area contributed by atoms with Gasteiger partial charge in [0.2, 0.25) is 11.8 Å². The van der Waals surface area contributed by atoms with Gasteiger partial charge in [-0.15, -0.1) is 0 Å².